The van der Waals surface area contributed by atoms with Gasteiger partial charge in [-0.3, -0.25) is 19.2 Å². The minimum atomic E-state index is -0.596. The van der Waals surface area contributed by atoms with Crippen molar-refractivity contribution in [2.24, 2.45) is 0 Å². The van der Waals surface area contributed by atoms with E-state index in [1.807, 2.05) is 0 Å². The third kappa shape index (κ3) is 7.92. The van der Waals surface area contributed by atoms with Gasteiger partial charge in [-0.1, -0.05) is 0 Å². The molecule has 0 saturated heterocycles. The first-order valence-electron chi connectivity index (χ1n) is 8.95. The Bertz CT molecular complexity index is 879. The maximum atomic E-state index is 12.8. The molecular formula is C21H21FN2O5. The number of hydrogen-bond acceptors (Lipinski definition) is 5. The molecule has 152 valence electrons. The van der Waals surface area contributed by atoms with E-state index in [-0.39, 0.29) is 31.0 Å². The molecule has 2 aromatic carbocycles. The van der Waals surface area contributed by atoms with Crippen molar-refractivity contribution in [3.8, 4) is 0 Å². The predicted octanol–water partition coefficient (Wildman–Crippen LogP) is 3.32. The topological polar surface area (TPSA) is 102 Å². The van der Waals surface area contributed by atoms with Crippen LogP contribution in [-0.4, -0.2) is 30.2 Å². The van der Waals surface area contributed by atoms with E-state index in [4.69, 9.17) is 4.74 Å². The van der Waals surface area contributed by atoms with E-state index in [0.29, 0.717) is 16.9 Å². The third-order valence-electron chi connectivity index (χ3n) is 3.85. The second kappa shape index (κ2) is 10.7. The number of halogens is 1. The first-order chi connectivity index (χ1) is 13.8. The van der Waals surface area contributed by atoms with Crippen molar-refractivity contribution in [2.45, 2.75) is 26.2 Å². The molecule has 0 aromatic heterocycles. The fourth-order valence-electron chi connectivity index (χ4n) is 2.35. The van der Waals surface area contributed by atoms with Crippen LogP contribution in [0.2, 0.25) is 0 Å². The van der Waals surface area contributed by atoms with Gasteiger partial charge in [0.25, 0.3) is 5.91 Å². The molecule has 2 aromatic rings. The molecule has 0 saturated carbocycles. The zero-order valence-corrected chi connectivity index (χ0v) is 15.9. The second-order valence-corrected chi connectivity index (χ2v) is 6.25. The van der Waals surface area contributed by atoms with E-state index in [1.165, 1.54) is 31.2 Å². The molecule has 0 spiro atoms. The van der Waals surface area contributed by atoms with Crippen LogP contribution in [0.25, 0.3) is 0 Å². The van der Waals surface area contributed by atoms with Gasteiger partial charge < -0.3 is 15.4 Å². The quantitative estimate of drug-likeness (QED) is 0.497. The number of carbonyl (C=O) groups excluding carboxylic acids is 4. The van der Waals surface area contributed by atoms with E-state index in [1.54, 1.807) is 24.3 Å². The van der Waals surface area contributed by atoms with Gasteiger partial charge in [0.1, 0.15) is 5.82 Å². The zero-order valence-electron chi connectivity index (χ0n) is 15.9. The van der Waals surface area contributed by atoms with E-state index in [9.17, 15) is 23.6 Å². The number of benzene rings is 2. The molecule has 0 bridgehead atoms. The summed E-state index contributed by atoms with van der Waals surface area (Å²) in [5, 5.41) is 5.14. The van der Waals surface area contributed by atoms with Crippen LogP contribution in [0.4, 0.5) is 15.8 Å². The summed E-state index contributed by atoms with van der Waals surface area (Å²) in [7, 11) is 0. The lowest BCUT2D eigenvalue weighted by molar-refractivity contribution is -0.147. The molecule has 2 N–H and O–H groups in total. The molecule has 29 heavy (non-hydrogen) atoms. The summed E-state index contributed by atoms with van der Waals surface area (Å²) in [6.07, 6.45) is 0.318. The number of carbonyl (C=O) groups is 4. The van der Waals surface area contributed by atoms with Crippen molar-refractivity contribution >= 4 is 34.9 Å². The summed E-state index contributed by atoms with van der Waals surface area (Å²) >= 11 is 0. The highest BCUT2D eigenvalue weighted by molar-refractivity contribution is 5.96. The van der Waals surface area contributed by atoms with Crippen molar-refractivity contribution in [2.75, 3.05) is 17.2 Å². The first-order valence-corrected chi connectivity index (χ1v) is 8.95. The highest BCUT2D eigenvalue weighted by atomic mass is 19.1. The number of ketones is 1. The van der Waals surface area contributed by atoms with Crippen molar-refractivity contribution in [1.29, 1.82) is 0 Å². The number of nitrogens with one attached hydrogen (secondary N) is 2. The Morgan fingerprint density at radius 1 is 0.828 bits per heavy atom. The van der Waals surface area contributed by atoms with Crippen LogP contribution in [0.3, 0.4) is 0 Å². The Kier molecular flexibility index (Phi) is 8.02. The van der Waals surface area contributed by atoms with Gasteiger partial charge in [-0.05, 0) is 61.9 Å². The zero-order chi connectivity index (χ0) is 21.2. The Morgan fingerprint density at radius 3 is 1.97 bits per heavy atom. The Morgan fingerprint density at radius 2 is 1.38 bits per heavy atom. The molecule has 2 rings (SSSR count). The lowest BCUT2D eigenvalue weighted by atomic mass is 10.1. The largest absolute Gasteiger partial charge is 0.456 e. The van der Waals surface area contributed by atoms with Crippen LogP contribution in [0.1, 0.15) is 36.5 Å². The van der Waals surface area contributed by atoms with E-state index in [0.717, 1.165) is 0 Å². The lowest BCUT2D eigenvalue weighted by Crippen LogP contribution is -2.21. The standard InChI is InChI=1S/C21H21FN2O5/c1-14(25)15-5-9-17(10-6-15)24-20(27)13-29-21(28)4-2-3-19(26)23-18-11-7-16(22)8-12-18/h5-12H,2-4,13H2,1H3,(H,23,26)(H,24,27). The monoisotopic (exact) mass is 400 g/mol. The van der Waals surface area contributed by atoms with Gasteiger partial charge in [0.15, 0.2) is 12.4 Å². The summed E-state index contributed by atoms with van der Waals surface area (Å²) in [5.41, 5.74) is 1.47. The van der Waals surface area contributed by atoms with Crippen LogP contribution in [0.15, 0.2) is 48.5 Å². The van der Waals surface area contributed by atoms with E-state index >= 15 is 0 Å². The van der Waals surface area contributed by atoms with E-state index in [2.05, 4.69) is 10.6 Å². The number of esters is 1. The van der Waals surface area contributed by atoms with Gasteiger partial charge in [0, 0.05) is 29.8 Å². The third-order valence-corrected chi connectivity index (χ3v) is 3.85. The Balaban J connectivity index is 1.63. The van der Waals surface area contributed by atoms with E-state index < -0.39 is 24.3 Å². The van der Waals surface area contributed by atoms with Gasteiger partial charge in [-0.2, -0.15) is 0 Å². The molecule has 8 heteroatoms. The average Bonchev–Trinajstić information content (AvgIpc) is 2.68. The smallest absolute Gasteiger partial charge is 0.306 e. The minimum Gasteiger partial charge on any atom is -0.456 e. The molecular weight excluding hydrogens is 379 g/mol. The molecule has 0 radical (unpaired) electrons. The van der Waals surface area contributed by atoms with Crippen LogP contribution in [-0.2, 0) is 19.1 Å². The lowest BCUT2D eigenvalue weighted by Gasteiger charge is -2.07. The van der Waals surface area contributed by atoms with Gasteiger partial charge in [0.2, 0.25) is 5.91 Å². The highest BCUT2D eigenvalue weighted by Crippen LogP contribution is 2.11. The van der Waals surface area contributed by atoms with Crippen LogP contribution >= 0.6 is 0 Å². The number of ether oxygens (including phenoxy) is 1. The Hall–Kier alpha value is -3.55. The SMILES string of the molecule is CC(=O)c1ccc(NC(=O)COC(=O)CCCC(=O)Nc2ccc(F)cc2)cc1. The van der Waals surface area contributed by atoms with Crippen molar-refractivity contribution < 1.29 is 28.3 Å². The maximum absolute atomic E-state index is 12.8. The van der Waals surface area contributed by atoms with Crippen LogP contribution in [0, 0.1) is 5.82 Å². The van der Waals surface area contributed by atoms with Gasteiger partial charge in [-0.15, -0.1) is 0 Å². The summed E-state index contributed by atoms with van der Waals surface area (Å²) in [5.74, 6) is -1.90. The van der Waals surface area contributed by atoms with Crippen molar-refractivity contribution in [3.05, 3.63) is 59.9 Å². The molecule has 0 atom stereocenters. The fourth-order valence-corrected chi connectivity index (χ4v) is 2.35. The summed E-state index contributed by atoms with van der Waals surface area (Å²) in [6, 6.07) is 11.7. The molecule has 7 nitrogen and oxygen atoms in total. The molecule has 0 aliphatic carbocycles. The average molecular weight is 400 g/mol. The summed E-state index contributed by atoms with van der Waals surface area (Å²) in [6.45, 7) is 0.995. The number of anilines is 2. The summed E-state index contributed by atoms with van der Waals surface area (Å²) < 4.78 is 17.7. The van der Waals surface area contributed by atoms with Crippen molar-refractivity contribution in [3.63, 3.8) is 0 Å². The molecule has 0 aliphatic heterocycles. The first kappa shape index (κ1) is 21.7. The number of hydrogen-bond donors (Lipinski definition) is 2. The van der Waals surface area contributed by atoms with Crippen molar-refractivity contribution in [1.82, 2.24) is 0 Å². The van der Waals surface area contributed by atoms with Gasteiger partial charge >= 0.3 is 5.97 Å². The molecule has 0 unspecified atom stereocenters. The number of rotatable bonds is 9. The van der Waals surface area contributed by atoms with Gasteiger partial charge in [0.05, 0.1) is 0 Å². The predicted molar refractivity (Wildman–Crippen MR) is 105 cm³/mol. The number of Topliss-reactive ketones (excluding diaryl/α,β-unsaturated/α-hetero) is 1. The fraction of sp³-hybridized carbons (Fsp3) is 0.238. The van der Waals surface area contributed by atoms with Gasteiger partial charge in [-0.25, -0.2) is 4.39 Å². The Labute approximate surface area is 167 Å². The normalized spacial score (nSPS) is 10.1. The number of amides is 2. The molecule has 2 amide bonds. The molecule has 0 aliphatic rings. The summed E-state index contributed by atoms with van der Waals surface area (Å²) in [4.78, 5) is 46.5. The van der Waals surface area contributed by atoms with Crippen LogP contribution in [0.5, 0.6) is 0 Å². The second-order valence-electron chi connectivity index (χ2n) is 6.25. The minimum absolute atomic E-state index is 0.0164. The van der Waals surface area contributed by atoms with Crippen LogP contribution < -0.4 is 10.6 Å². The highest BCUT2D eigenvalue weighted by Gasteiger charge is 2.10. The molecule has 0 fully saturated rings. The maximum Gasteiger partial charge on any atom is 0.306 e. The molecule has 0 heterocycles.